The zero-order chi connectivity index (χ0) is 52.5. The molecule has 0 amide bonds. The fraction of sp³-hybridized carbons (Fsp3) is 0.238. The van der Waals surface area contributed by atoms with E-state index in [0.717, 1.165) is 18.2 Å². The maximum atomic E-state index is 13.2. The first-order valence-corrected chi connectivity index (χ1v) is 24.8. The number of nitrogens with one attached hydrogen (secondary N) is 3. The first kappa shape index (κ1) is 68.3. The Morgan fingerprint density at radius 1 is 0.541 bits per heavy atom. The number of ketones is 2. The summed E-state index contributed by atoms with van der Waals surface area (Å²) in [5.74, 6) is -1.90. The number of aliphatic hydroxyl groups excluding tert-OH is 5. The van der Waals surface area contributed by atoms with E-state index in [4.69, 9.17) is 37.0 Å². The summed E-state index contributed by atoms with van der Waals surface area (Å²) in [5.41, 5.74) is 15.7. The summed E-state index contributed by atoms with van der Waals surface area (Å²) in [5, 5.41) is 60.4. The van der Waals surface area contributed by atoms with Crippen LogP contribution in [0.3, 0.4) is 0 Å². The van der Waals surface area contributed by atoms with Gasteiger partial charge in [-0.15, -0.1) is 0 Å². The number of nitrogens with zero attached hydrogens (tertiary/aromatic N) is 5. The second-order valence-corrected chi connectivity index (χ2v) is 18.6. The fourth-order valence-electron chi connectivity index (χ4n) is 6.17. The van der Waals surface area contributed by atoms with E-state index in [1.165, 1.54) is 66.7 Å². The molecule has 26 nitrogen and oxygen atoms in total. The number of Topliss-reactive ketones (excluding diaryl/α,β-unsaturated/α-hetero) is 2. The van der Waals surface area contributed by atoms with E-state index < -0.39 is 73.7 Å². The predicted molar refractivity (Wildman–Crippen MR) is 258 cm³/mol. The third kappa shape index (κ3) is 20.3. The number of rotatable bonds is 19. The molecule has 6 rings (SSSR count). The number of nitrogen functional groups attached to an aromatic ring is 2. The van der Waals surface area contributed by atoms with Gasteiger partial charge in [0.2, 0.25) is 11.6 Å². The van der Waals surface area contributed by atoms with Crippen LogP contribution in [0.1, 0.15) is 31.8 Å². The van der Waals surface area contributed by atoms with Gasteiger partial charge in [-0.1, -0.05) is 0 Å². The molecule has 4 aromatic carbocycles. The molecule has 0 spiro atoms. The minimum atomic E-state index is -5.33. The van der Waals surface area contributed by atoms with Crippen molar-refractivity contribution in [2.75, 3.05) is 88.1 Å². The summed E-state index contributed by atoms with van der Waals surface area (Å²) in [6.07, 6.45) is 1.73. The molecule has 0 saturated carbocycles. The molecule has 12 N–H and O–H groups in total. The fourth-order valence-corrected chi connectivity index (χ4v) is 8.01. The monoisotopic (exact) mass is 1110 g/mol. The van der Waals surface area contributed by atoms with Crippen molar-refractivity contribution in [2.24, 2.45) is 20.4 Å². The second-order valence-electron chi connectivity index (χ2n) is 14.5. The molecule has 0 aromatic heterocycles. The van der Waals surface area contributed by atoms with Crippen molar-refractivity contribution in [2.45, 2.75) is 4.90 Å². The third-order valence-corrected chi connectivity index (χ3v) is 12.0. The molecule has 74 heavy (non-hydrogen) atoms. The van der Waals surface area contributed by atoms with Crippen LogP contribution in [0.15, 0.2) is 114 Å². The first-order chi connectivity index (χ1) is 33.6. The molecule has 0 saturated heterocycles. The van der Waals surface area contributed by atoms with Gasteiger partial charge in [0.15, 0.2) is 0 Å². The second kappa shape index (κ2) is 32.1. The largest absolute Gasteiger partial charge is 1.00 e. The van der Waals surface area contributed by atoms with Crippen LogP contribution < -0.4 is 116 Å². The Labute approximate surface area is 491 Å². The number of aliphatic hydroxyl groups is 5. The molecule has 0 atom stereocenters. The van der Waals surface area contributed by atoms with Crippen molar-refractivity contribution in [1.29, 1.82) is 0 Å². The van der Waals surface area contributed by atoms with Crippen LogP contribution in [-0.2, 0) is 30.4 Å². The van der Waals surface area contributed by atoms with Gasteiger partial charge >= 0.3 is 88.7 Å². The van der Waals surface area contributed by atoms with Crippen LogP contribution in [0.5, 0.6) is 0 Å². The minimum absolute atomic E-state index is 0. The maximum absolute atomic E-state index is 13.2. The van der Waals surface area contributed by atoms with Crippen LogP contribution in [-0.4, -0.2) is 158 Å². The SMILES string of the molecule is Nc1ccc2c(c1)C=C(S(=O)(=O)[O-])/C(=N/Nc1ccc(N=Nc3ccc(N/N=C4/C(=O)c5c(N)cc(S(=O)(=O)[O-])cc5C=C4S(=O)(=O)[O-])cc3)cc1)C2=O.OCCN(CCO)CCO.OCCNCCO.[Na+].[Na+].[Na+]. The number of hydrogen-bond acceptors (Lipinski definition) is 26. The smallest absolute Gasteiger partial charge is 0.744 e. The number of nitrogens with two attached hydrogens (primary N) is 2. The summed E-state index contributed by atoms with van der Waals surface area (Å²) >= 11 is 0. The van der Waals surface area contributed by atoms with Crippen LogP contribution in [0, 0.1) is 0 Å². The molecular formula is C42H47N10Na3O16S3. The Bertz CT molecular complexity index is 3060. The quantitative estimate of drug-likeness (QED) is 0.0104. The zero-order valence-electron chi connectivity index (χ0n) is 40.1. The molecule has 0 fully saturated rings. The Morgan fingerprint density at radius 2 is 0.973 bits per heavy atom. The molecule has 32 heteroatoms. The molecule has 382 valence electrons. The Morgan fingerprint density at radius 3 is 1.38 bits per heavy atom. The number of anilines is 4. The molecule has 0 radical (unpaired) electrons. The van der Waals surface area contributed by atoms with E-state index >= 15 is 0 Å². The summed E-state index contributed by atoms with van der Waals surface area (Å²) in [7, 11) is -15.4. The number of hydrazone groups is 2. The number of carbonyl (C=O) groups is 2. The molecule has 4 aromatic rings. The number of allylic oxidation sites excluding steroid dienone is 2. The Kier molecular flexibility index (Phi) is 29.7. The minimum Gasteiger partial charge on any atom is -0.744 e. The topological polar surface area (TPSA) is 448 Å². The molecule has 0 unspecified atom stereocenters. The van der Waals surface area contributed by atoms with Crippen molar-refractivity contribution in [3.63, 3.8) is 0 Å². The van der Waals surface area contributed by atoms with Crippen molar-refractivity contribution in [3.8, 4) is 0 Å². The Balaban J connectivity index is 0.00000118. The van der Waals surface area contributed by atoms with Crippen LogP contribution >= 0.6 is 0 Å². The van der Waals surface area contributed by atoms with Gasteiger partial charge in [-0.3, -0.25) is 25.3 Å². The standard InChI is InChI=1S/C32H24N8O11S3.C6H15NO3.C4H11NO2.3Na/c33-18-1-10-24-16(11-18)13-26(53(46,47)48)29(31(24)41)39-37-21-6-2-19(3-7-21)35-36-20-4-8-22(9-5-20)38-40-30-27(54(49,50)51)14-17-12-23(52(43,44)45)15-25(34)28(17)32(30)42;8-4-1-7(2-5-9)3-6-10;6-3-1-5-2-4-7;;;/h1-15,37-38H,33-34H2,(H,43,44,45)(H,46,47,48)(H,49,50,51);8-10H,1-6H2;5-7H,1-4H2;;;/q;;;3*+1/p-3/b36-35?,39-29-,40-30+;;;;;. The summed E-state index contributed by atoms with van der Waals surface area (Å²) in [6.45, 7) is 3.17. The van der Waals surface area contributed by atoms with Crippen LogP contribution in [0.2, 0.25) is 0 Å². The van der Waals surface area contributed by atoms with Gasteiger partial charge in [0.1, 0.15) is 41.8 Å². The van der Waals surface area contributed by atoms with Gasteiger partial charge in [-0.25, -0.2) is 25.3 Å². The van der Waals surface area contributed by atoms with Gasteiger partial charge in [0.05, 0.1) is 76.1 Å². The van der Waals surface area contributed by atoms with E-state index in [9.17, 15) is 48.5 Å². The van der Waals surface area contributed by atoms with E-state index in [-0.39, 0.29) is 155 Å². The number of hydrogen-bond donors (Lipinski definition) is 10. The van der Waals surface area contributed by atoms with E-state index in [1.807, 2.05) is 0 Å². The third-order valence-electron chi connectivity index (χ3n) is 9.45. The first-order valence-electron chi connectivity index (χ1n) is 20.6. The molecule has 0 heterocycles. The molecule has 2 aliphatic carbocycles. The van der Waals surface area contributed by atoms with Crippen molar-refractivity contribution < 1.29 is 163 Å². The van der Waals surface area contributed by atoms with Crippen LogP contribution in [0.4, 0.5) is 34.1 Å². The Hall–Kier alpha value is -3.71. The van der Waals surface area contributed by atoms with Crippen molar-refractivity contribution in [1.82, 2.24) is 10.2 Å². The predicted octanol–water partition coefficient (Wildman–Crippen LogP) is -8.89. The molecular weight excluding hydrogens is 1070 g/mol. The number of carbonyl (C=O) groups excluding carboxylic acids is 2. The van der Waals surface area contributed by atoms with E-state index in [2.05, 4.69) is 36.6 Å². The summed E-state index contributed by atoms with van der Waals surface area (Å²) in [4.78, 5) is 25.2. The van der Waals surface area contributed by atoms with Gasteiger partial charge in [0.25, 0.3) is 0 Å². The number of benzene rings is 4. The average molecular weight is 1110 g/mol. The van der Waals surface area contributed by atoms with Crippen molar-refractivity contribution >= 4 is 99.6 Å². The maximum Gasteiger partial charge on any atom is 1.00 e. The normalized spacial score (nSPS) is 14.2. The van der Waals surface area contributed by atoms with Gasteiger partial charge in [-0.05, 0) is 102 Å². The average Bonchev–Trinajstić information content (AvgIpc) is 3.30. The molecule has 0 bridgehead atoms. The molecule has 0 aliphatic heterocycles. The van der Waals surface area contributed by atoms with Gasteiger partial charge in [0, 0.05) is 49.7 Å². The molecule has 2 aliphatic rings. The van der Waals surface area contributed by atoms with Gasteiger partial charge < -0.3 is 56.0 Å². The van der Waals surface area contributed by atoms with E-state index in [0.29, 0.717) is 55.9 Å². The van der Waals surface area contributed by atoms with E-state index in [1.54, 1.807) is 4.90 Å². The van der Waals surface area contributed by atoms with Crippen LogP contribution in [0.25, 0.3) is 12.2 Å². The number of fused-ring (bicyclic) bond motifs is 2. The van der Waals surface area contributed by atoms with Crippen molar-refractivity contribution in [3.05, 3.63) is 111 Å². The zero-order valence-corrected chi connectivity index (χ0v) is 48.5. The number of azo groups is 1. The van der Waals surface area contributed by atoms with Gasteiger partial charge in [-0.2, -0.15) is 20.4 Å². The summed E-state index contributed by atoms with van der Waals surface area (Å²) in [6, 6.07) is 17.5. The summed E-state index contributed by atoms with van der Waals surface area (Å²) < 4.78 is 106.